The average Bonchev–Trinajstić information content (AvgIpc) is 3.12. The number of carbonyl (C=O) groups is 3. The van der Waals surface area contributed by atoms with E-state index >= 15 is 0 Å². The number of hydrogen-bond acceptors (Lipinski definition) is 4. The number of likely N-dealkylation sites (tertiary alicyclic amines) is 1. The summed E-state index contributed by atoms with van der Waals surface area (Å²) >= 11 is 3.32. The predicted octanol–water partition coefficient (Wildman–Crippen LogP) is 2.38. The Morgan fingerprint density at radius 1 is 1.38 bits per heavy atom. The van der Waals surface area contributed by atoms with Crippen LogP contribution in [-0.2, 0) is 4.79 Å². The number of hydrogen-bond donors (Lipinski definition) is 3. The Balaban J connectivity index is 1.98. The van der Waals surface area contributed by atoms with E-state index in [4.69, 9.17) is 15.3 Å². The van der Waals surface area contributed by atoms with Crippen molar-refractivity contribution in [2.75, 3.05) is 11.9 Å². The van der Waals surface area contributed by atoms with Crippen LogP contribution in [0, 0.1) is 0 Å². The Morgan fingerprint density at radius 2 is 2.12 bits per heavy atom. The number of nitrogens with one attached hydrogen (secondary N) is 1. The van der Waals surface area contributed by atoms with Gasteiger partial charge in [-0.15, -0.1) is 0 Å². The maximum atomic E-state index is 12.5. The summed E-state index contributed by atoms with van der Waals surface area (Å²) in [5.41, 5.74) is 5.87. The molecule has 0 saturated carbocycles. The summed E-state index contributed by atoms with van der Waals surface area (Å²) in [6.07, 6.45) is -0.128. The SMILES string of the molecule is NC(=O)c1oc2ccc(Br)cc2c1NC(=O)C1CCCN1C(=O)O. The minimum Gasteiger partial charge on any atom is -0.465 e. The van der Waals surface area contributed by atoms with Crippen molar-refractivity contribution in [2.24, 2.45) is 5.73 Å². The number of benzene rings is 1. The molecule has 1 aromatic heterocycles. The lowest BCUT2D eigenvalue weighted by Gasteiger charge is -2.20. The van der Waals surface area contributed by atoms with Crippen LogP contribution < -0.4 is 11.1 Å². The highest BCUT2D eigenvalue weighted by Crippen LogP contribution is 2.33. The summed E-state index contributed by atoms with van der Waals surface area (Å²) in [5, 5.41) is 12.3. The Hall–Kier alpha value is -2.55. The van der Waals surface area contributed by atoms with Gasteiger partial charge in [0.15, 0.2) is 0 Å². The molecular weight excluding hydrogens is 382 g/mol. The molecular formula is C15H14BrN3O5. The molecule has 1 saturated heterocycles. The van der Waals surface area contributed by atoms with E-state index in [1.807, 2.05) is 0 Å². The molecule has 3 amide bonds. The van der Waals surface area contributed by atoms with Crippen molar-refractivity contribution in [1.82, 2.24) is 4.90 Å². The van der Waals surface area contributed by atoms with E-state index in [2.05, 4.69) is 21.2 Å². The molecule has 4 N–H and O–H groups in total. The number of carboxylic acid groups (broad SMARTS) is 1. The topological polar surface area (TPSA) is 126 Å². The van der Waals surface area contributed by atoms with E-state index in [0.717, 1.165) is 9.37 Å². The average molecular weight is 396 g/mol. The van der Waals surface area contributed by atoms with Gasteiger partial charge in [0, 0.05) is 16.4 Å². The highest BCUT2D eigenvalue weighted by atomic mass is 79.9. The summed E-state index contributed by atoms with van der Waals surface area (Å²) in [6, 6.07) is 4.25. The number of anilines is 1. The van der Waals surface area contributed by atoms with Crippen molar-refractivity contribution in [2.45, 2.75) is 18.9 Å². The first-order valence-electron chi connectivity index (χ1n) is 7.20. The van der Waals surface area contributed by atoms with Crippen molar-refractivity contribution in [3.05, 3.63) is 28.4 Å². The zero-order valence-electron chi connectivity index (χ0n) is 12.4. The van der Waals surface area contributed by atoms with Gasteiger partial charge in [0.05, 0.1) is 0 Å². The summed E-state index contributed by atoms with van der Waals surface area (Å²) in [4.78, 5) is 36.4. The normalized spacial score (nSPS) is 17.2. The van der Waals surface area contributed by atoms with Crippen LogP contribution in [0.3, 0.4) is 0 Å². The van der Waals surface area contributed by atoms with Gasteiger partial charge < -0.3 is 20.6 Å². The molecule has 1 aromatic carbocycles. The maximum Gasteiger partial charge on any atom is 0.407 e. The van der Waals surface area contributed by atoms with Crippen molar-refractivity contribution >= 4 is 50.5 Å². The highest BCUT2D eigenvalue weighted by molar-refractivity contribution is 9.10. The third kappa shape index (κ3) is 2.82. The third-order valence-corrected chi connectivity index (χ3v) is 4.42. The highest BCUT2D eigenvalue weighted by Gasteiger charge is 2.35. The van der Waals surface area contributed by atoms with Crippen molar-refractivity contribution in [3.63, 3.8) is 0 Å². The van der Waals surface area contributed by atoms with E-state index in [1.165, 1.54) is 0 Å². The van der Waals surface area contributed by atoms with Gasteiger partial charge in [0.25, 0.3) is 5.91 Å². The van der Waals surface area contributed by atoms with Gasteiger partial charge in [0.2, 0.25) is 11.7 Å². The van der Waals surface area contributed by atoms with Gasteiger partial charge in [-0.05, 0) is 31.0 Å². The number of fused-ring (bicyclic) bond motifs is 1. The van der Waals surface area contributed by atoms with Crippen LogP contribution in [0.25, 0.3) is 11.0 Å². The van der Waals surface area contributed by atoms with Gasteiger partial charge >= 0.3 is 6.09 Å². The Labute approximate surface area is 144 Å². The lowest BCUT2D eigenvalue weighted by molar-refractivity contribution is -0.119. The van der Waals surface area contributed by atoms with E-state index < -0.39 is 23.9 Å². The number of carbonyl (C=O) groups excluding carboxylic acids is 2. The molecule has 8 nitrogen and oxygen atoms in total. The molecule has 0 bridgehead atoms. The Kier molecular flexibility index (Phi) is 4.18. The minimum absolute atomic E-state index is 0.154. The van der Waals surface area contributed by atoms with E-state index in [9.17, 15) is 14.4 Å². The first-order chi connectivity index (χ1) is 11.4. The summed E-state index contributed by atoms with van der Waals surface area (Å²) < 4.78 is 6.15. The molecule has 0 spiro atoms. The van der Waals surface area contributed by atoms with E-state index in [-0.39, 0.29) is 11.4 Å². The summed E-state index contributed by atoms with van der Waals surface area (Å²) in [7, 11) is 0. The molecule has 9 heteroatoms. The third-order valence-electron chi connectivity index (χ3n) is 3.92. The number of nitrogens with two attached hydrogens (primary N) is 1. The van der Waals surface area contributed by atoms with Crippen molar-refractivity contribution in [1.29, 1.82) is 0 Å². The second-order valence-electron chi connectivity index (χ2n) is 5.43. The Bertz CT molecular complexity index is 847. The van der Waals surface area contributed by atoms with Crippen LogP contribution in [0.15, 0.2) is 27.1 Å². The van der Waals surface area contributed by atoms with Gasteiger partial charge in [-0.25, -0.2) is 4.79 Å². The molecule has 1 aliphatic heterocycles. The number of amides is 3. The van der Waals surface area contributed by atoms with Crippen LogP contribution >= 0.6 is 15.9 Å². The maximum absolute atomic E-state index is 12.5. The molecule has 126 valence electrons. The zero-order valence-corrected chi connectivity index (χ0v) is 14.0. The van der Waals surface area contributed by atoms with Crippen LogP contribution in [0.4, 0.5) is 10.5 Å². The number of halogens is 1. The van der Waals surface area contributed by atoms with Crippen LogP contribution in [0.2, 0.25) is 0 Å². The van der Waals surface area contributed by atoms with Crippen LogP contribution in [0.1, 0.15) is 23.4 Å². The van der Waals surface area contributed by atoms with Gasteiger partial charge in [-0.1, -0.05) is 15.9 Å². The number of rotatable bonds is 3. The first kappa shape index (κ1) is 16.3. The molecule has 0 radical (unpaired) electrons. The molecule has 1 aliphatic rings. The van der Waals surface area contributed by atoms with Crippen molar-refractivity contribution in [3.8, 4) is 0 Å². The number of nitrogens with zero attached hydrogens (tertiary/aromatic N) is 1. The second-order valence-corrected chi connectivity index (χ2v) is 6.35. The fraction of sp³-hybridized carbons (Fsp3) is 0.267. The van der Waals surface area contributed by atoms with E-state index in [1.54, 1.807) is 18.2 Å². The van der Waals surface area contributed by atoms with E-state index in [0.29, 0.717) is 30.4 Å². The number of primary amides is 1. The largest absolute Gasteiger partial charge is 0.465 e. The molecule has 2 aromatic rings. The van der Waals surface area contributed by atoms with Gasteiger partial charge in [-0.2, -0.15) is 0 Å². The molecule has 0 aliphatic carbocycles. The monoisotopic (exact) mass is 395 g/mol. The second kappa shape index (κ2) is 6.16. The van der Waals surface area contributed by atoms with Gasteiger partial charge in [-0.3, -0.25) is 14.5 Å². The smallest absolute Gasteiger partial charge is 0.407 e. The van der Waals surface area contributed by atoms with Crippen molar-refractivity contribution < 1.29 is 23.9 Å². The van der Waals surface area contributed by atoms with Gasteiger partial charge in [0.1, 0.15) is 17.3 Å². The molecule has 3 rings (SSSR count). The summed E-state index contributed by atoms with van der Waals surface area (Å²) in [6.45, 7) is 0.299. The molecule has 1 fully saturated rings. The quantitative estimate of drug-likeness (QED) is 0.735. The standard InChI is InChI=1S/C15H14BrN3O5/c16-7-3-4-10-8(6-7)11(12(24-10)13(17)20)18-14(21)9-2-1-5-19(9)15(22)23/h3-4,6,9H,1-2,5H2,(H2,17,20)(H,18,21)(H,22,23). The van der Waals surface area contributed by atoms with Crippen LogP contribution in [-0.4, -0.2) is 40.5 Å². The molecule has 1 atom stereocenters. The fourth-order valence-corrected chi connectivity index (χ4v) is 3.20. The molecule has 2 heterocycles. The number of furan rings is 1. The zero-order chi connectivity index (χ0) is 17.4. The molecule has 1 unspecified atom stereocenters. The summed E-state index contributed by atoms with van der Waals surface area (Å²) in [5.74, 6) is -1.50. The van der Waals surface area contributed by atoms with Crippen LogP contribution in [0.5, 0.6) is 0 Å². The lowest BCUT2D eigenvalue weighted by atomic mass is 10.1. The Morgan fingerprint density at radius 3 is 2.79 bits per heavy atom. The predicted molar refractivity (Wildman–Crippen MR) is 88.8 cm³/mol. The lowest BCUT2D eigenvalue weighted by Crippen LogP contribution is -2.42. The first-order valence-corrected chi connectivity index (χ1v) is 8.00. The fourth-order valence-electron chi connectivity index (χ4n) is 2.84. The minimum atomic E-state index is -1.15. The molecule has 24 heavy (non-hydrogen) atoms.